The van der Waals surface area contributed by atoms with Crippen molar-refractivity contribution in [3.05, 3.63) is 29.8 Å². The Bertz CT molecular complexity index is 337. The van der Waals surface area contributed by atoms with Gasteiger partial charge in [0, 0.05) is 21.3 Å². The van der Waals surface area contributed by atoms with Crippen LogP contribution in [-0.4, -0.2) is 21.3 Å². The molecule has 0 aromatic heterocycles. The number of benzene rings is 1. The van der Waals surface area contributed by atoms with Gasteiger partial charge in [-0.2, -0.15) is 0 Å². The zero-order valence-electron chi connectivity index (χ0n) is 12.6. The first-order valence-corrected chi connectivity index (χ1v) is 9.32. The summed E-state index contributed by atoms with van der Waals surface area (Å²) in [5.41, 5.74) is 1.41. The normalized spacial score (nSPS) is 11.8. The minimum atomic E-state index is -0.859. The minimum absolute atomic E-state index is 0.760. The van der Waals surface area contributed by atoms with Gasteiger partial charge in [-0.3, -0.25) is 4.43 Å². The van der Waals surface area contributed by atoms with Crippen molar-refractivity contribution in [3.8, 4) is 0 Å². The molecule has 2 heteroatoms. The lowest BCUT2D eigenvalue weighted by Crippen LogP contribution is -2.35. The van der Waals surface area contributed by atoms with Gasteiger partial charge in [0.05, 0.1) is 6.61 Å². The van der Waals surface area contributed by atoms with Gasteiger partial charge in [0.25, 0.3) is 0 Å². The van der Waals surface area contributed by atoms with E-state index in [9.17, 15) is 0 Å². The molecule has 0 saturated heterocycles. The molecule has 0 aliphatic carbocycles. The summed E-state index contributed by atoms with van der Waals surface area (Å²) in [4.78, 5) is 0. The highest BCUT2D eigenvalue weighted by Crippen LogP contribution is 2.16. The molecule has 0 spiro atoms. The zero-order chi connectivity index (χ0) is 13.5. The van der Waals surface area contributed by atoms with E-state index in [1.54, 1.807) is 11.5 Å². The van der Waals surface area contributed by atoms with E-state index in [4.69, 9.17) is 4.74 Å². The standard InChI is InChI=1S/C8H9O.2C4H9.Al/c1-9-7-8-5-3-2-4-6-8;2*1-4(2)3;/h2-5H,7H2,1H3;2*4H,1H2,2-3H3;/q;;;-1. The van der Waals surface area contributed by atoms with Crippen LogP contribution in [0.5, 0.6) is 0 Å². The van der Waals surface area contributed by atoms with Crippen molar-refractivity contribution in [2.24, 2.45) is 11.8 Å². The van der Waals surface area contributed by atoms with E-state index in [-0.39, 0.29) is 0 Å². The summed E-state index contributed by atoms with van der Waals surface area (Å²) >= 11 is -0.859. The lowest BCUT2D eigenvalue weighted by atomic mass is 10.2. The molecule has 1 aromatic rings. The molecule has 0 aliphatic heterocycles. The highest BCUT2D eigenvalue weighted by Gasteiger charge is 2.10. The summed E-state index contributed by atoms with van der Waals surface area (Å²) in [5.74, 6) is 1.60. The summed E-state index contributed by atoms with van der Waals surface area (Å²) in [7, 11) is 1.79. The summed E-state index contributed by atoms with van der Waals surface area (Å²) in [6.45, 7) is 10.1. The molecule has 0 amide bonds. The molecule has 1 radical (unpaired) electrons. The zero-order valence-corrected chi connectivity index (χ0v) is 13.7. The van der Waals surface area contributed by atoms with Crippen molar-refractivity contribution in [1.82, 2.24) is 0 Å². The topological polar surface area (TPSA) is 9.23 Å². The smallest absolute Gasteiger partial charge is 0.0675 e. The molecule has 1 nitrogen and oxygen atoms in total. The first-order chi connectivity index (χ1) is 8.54. The SMILES string of the molecule is COCc1cccc[c]1[Al-]([CH2]C(C)C)[CH2]C(C)C. The van der Waals surface area contributed by atoms with E-state index >= 15 is 0 Å². The molecule has 1 aromatic carbocycles. The van der Waals surface area contributed by atoms with Gasteiger partial charge < -0.3 is 4.74 Å². The van der Waals surface area contributed by atoms with E-state index < -0.39 is 14.1 Å². The van der Waals surface area contributed by atoms with Gasteiger partial charge in [0.15, 0.2) is 0 Å². The predicted molar refractivity (Wildman–Crippen MR) is 81.8 cm³/mol. The van der Waals surface area contributed by atoms with Gasteiger partial charge >= 0.3 is 0 Å². The van der Waals surface area contributed by atoms with Crippen LogP contribution in [0.3, 0.4) is 0 Å². The van der Waals surface area contributed by atoms with Crippen molar-refractivity contribution in [2.45, 2.75) is 44.9 Å². The maximum Gasteiger partial charge on any atom is 0.0675 e. The van der Waals surface area contributed by atoms with Crippen LogP contribution in [0.25, 0.3) is 0 Å². The van der Waals surface area contributed by atoms with E-state index in [0.29, 0.717) is 0 Å². The fraction of sp³-hybridized carbons (Fsp3) is 0.625. The molecule has 0 atom stereocenters. The lowest BCUT2D eigenvalue weighted by Gasteiger charge is -2.32. The predicted octanol–water partition coefficient (Wildman–Crippen LogP) is 3.85. The van der Waals surface area contributed by atoms with Crippen LogP contribution in [0.4, 0.5) is 0 Å². The maximum absolute atomic E-state index is 5.35. The number of hydrogen-bond acceptors (Lipinski definition) is 1. The van der Waals surface area contributed by atoms with E-state index in [1.807, 2.05) is 0 Å². The van der Waals surface area contributed by atoms with Crippen LogP contribution >= 0.6 is 0 Å². The summed E-state index contributed by atoms with van der Waals surface area (Å²) < 4.78 is 6.98. The minimum Gasteiger partial charge on any atom is -0.380 e. The van der Waals surface area contributed by atoms with Gasteiger partial charge in [-0.05, 0) is 0 Å². The second-order valence-corrected chi connectivity index (χ2v) is 9.05. The Morgan fingerprint density at radius 3 is 2.06 bits per heavy atom. The van der Waals surface area contributed by atoms with Gasteiger partial charge in [-0.25, -0.2) is 10.6 Å². The molecule has 18 heavy (non-hydrogen) atoms. The summed E-state index contributed by atoms with van der Waals surface area (Å²) in [5, 5.41) is 2.80. The number of hydrogen-bond donors (Lipinski definition) is 0. The highest BCUT2D eigenvalue weighted by atomic mass is 27.2. The first kappa shape index (κ1) is 15.8. The molecular weight excluding hydrogens is 235 g/mol. The third-order valence-electron chi connectivity index (χ3n) is 3.31. The average Bonchev–Trinajstić information content (AvgIpc) is 2.28. The first-order valence-electron chi connectivity index (χ1n) is 7.11. The number of rotatable bonds is 7. The molecule has 0 fully saturated rings. The van der Waals surface area contributed by atoms with Crippen LogP contribution in [0.1, 0.15) is 33.3 Å². The number of methoxy groups -OCH3 is 1. The Kier molecular flexibility index (Phi) is 7.01. The number of ether oxygens (including phenoxy) is 1. The van der Waals surface area contributed by atoms with Crippen LogP contribution < -0.4 is 4.43 Å². The third kappa shape index (κ3) is 5.14. The average molecular weight is 262 g/mol. The van der Waals surface area contributed by atoms with Crippen molar-refractivity contribution in [1.29, 1.82) is 0 Å². The quantitative estimate of drug-likeness (QED) is 0.678. The Labute approximate surface area is 117 Å². The van der Waals surface area contributed by atoms with Gasteiger partial charge in [-0.1, -0.05) is 63.3 Å². The van der Waals surface area contributed by atoms with Crippen molar-refractivity contribution >= 4 is 18.6 Å². The lowest BCUT2D eigenvalue weighted by molar-refractivity contribution is 0.185. The van der Waals surface area contributed by atoms with E-state index in [0.717, 1.165) is 18.4 Å². The Morgan fingerprint density at radius 2 is 1.56 bits per heavy atom. The largest absolute Gasteiger partial charge is 0.380 e. The maximum atomic E-state index is 5.35. The molecule has 0 bridgehead atoms. The fourth-order valence-electron chi connectivity index (χ4n) is 2.71. The summed E-state index contributed by atoms with van der Waals surface area (Å²) in [6.07, 6.45) is 0. The highest BCUT2D eigenvalue weighted by molar-refractivity contribution is 6.73. The van der Waals surface area contributed by atoms with Gasteiger partial charge in [-0.15, -0.1) is 6.07 Å². The Balaban J connectivity index is 2.95. The molecule has 101 valence electrons. The molecule has 1 rings (SSSR count). The van der Waals surface area contributed by atoms with Gasteiger partial charge in [0.2, 0.25) is 0 Å². The third-order valence-corrected chi connectivity index (χ3v) is 7.77. The van der Waals surface area contributed by atoms with Crippen molar-refractivity contribution in [2.75, 3.05) is 7.11 Å². The van der Waals surface area contributed by atoms with Gasteiger partial charge in [0.1, 0.15) is 0 Å². The molecular formula is C16H27AlO-. The van der Waals surface area contributed by atoms with Crippen molar-refractivity contribution in [3.63, 3.8) is 0 Å². The second-order valence-electron chi connectivity index (χ2n) is 6.09. The van der Waals surface area contributed by atoms with Crippen LogP contribution in [0.15, 0.2) is 24.3 Å². The molecule has 0 heterocycles. The molecule has 0 N–H and O–H groups in total. The van der Waals surface area contributed by atoms with Crippen molar-refractivity contribution < 1.29 is 4.74 Å². The summed E-state index contributed by atoms with van der Waals surface area (Å²) in [6, 6.07) is 8.90. The van der Waals surface area contributed by atoms with Crippen LogP contribution in [0, 0.1) is 11.8 Å². The monoisotopic (exact) mass is 262 g/mol. The Morgan fingerprint density at radius 1 is 1.00 bits per heavy atom. The van der Waals surface area contributed by atoms with Crippen LogP contribution in [0.2, 0.25) is 10.6 Å². The Hall–Kier alpha value is -0.288. The molecule has 0 aliphatic rings. The van der Waals surface area contributed by atoms with E-state index in [1.165, 1.54) is 16.1 Å². The van der Waals surface area contributed by atoms with E-state index in [2.05, 4.69) is 52.0 Å². The fourth-order valence-corrected chi connectivity index (χ4v) is 6.77. The molecule has 0 unspecified atom stereocenters. The second kappa shape index (κ2) is 8.00. The molecule has 0 saturated carbocycles. The van der Waals surface area contributed by atoms with Crippen LogP contribution in [-0.2, 0) is 11.3 Å².